The molecule has 2 amide bonds. The van der Waals surface area contributed by atoms with Crippen molar-refractivity contribution in [3.63, 3.8) is 0 Å². The van der Waals surface area contributed by atoms with Gasteiger partial charge in [0.05, 0.1) is 12.1 Å². The lowest BCUT2D eigenvalue weighted by Gasteiger charge is -2.36. The second-order valence-corrected chi connectivity index (χ2v) is 9.45. The van der Waals surface area contributed by atoms with E-state index in [1.165, 1.54) is 13.2 Å². The third-order valence-corrected chi connectivity index (χ3v) is 6.56. The van der Waals surface area contributed by atoms with E-state index in [2.05, 4.69) is 10.2 Å². The van der Waals surface area contributed by atoms with Crippen molar-refractivity contribution < 1.29 is 14.3 Å². The highest BCUT2D eigenvalue weighted by Crippen LogP contribution is 2.33. The highest BCUT2D eigenvalue weighted by molar-refractivity contribution is 6.36. The average Bonchev–Trinajstić information content (AvgIpc) is 2.88. The summed E-state index contributed by atoms with van der Waals surface area (Å²) in [5, 5.41) is 4.27. The van der Waals surface area contributed by atoms with E-state index in [1.807, 2.05) is 29.2 Å². The summed E-state index contributed by atoms with van der Waals surface area (Å²) in [6.45, 7) is 2.69. The van der Waals surface area contributed by atoms with Gasteiger partial charge in [-0.05, 0) is 66.7 Å². The van der Waals surface area contributed by atoms with Gasteiger partial charge in [-0.25, -0.2) is 0 Å². The molecule has 0 atom stereocenters. The Balaban J connectivity index is 1.32. The van der Waals surface area contributed by atoms with Crippen molar-refractivity contribution in [1.82, 2.24) is 4.90 Å². The minimum Gasteiger partial charge on any atom is -0.495 e. The number of carbonyl (C=O) groups excluding carboxylic acids is 2. The van der Waals surface area contributed by atoms with Gasteiger partial charge in [0.2, 0.25) is 5.91 Å². The molecule has 1 fully saturated rings. The highest BCUT2D eigenvalue weighted by Gasteiger charge is 2.22. The van der Waals surface area contributed by atoms with E-state index < -0.39 is 0 Å². The summed E-state index contributed by atoms with van der Waals surface area (Å²) in [4.78, 5) is 29.2. The zero-order valence-corrected chi connectivity index (χ0v) is 21.8. The van der Waals surface area contributed by atoms with Crippen LogP contribution in [-0.4, -0.2) is 50.0 Å². The van der Waals surface area contributed by atoms with Crippen molar-refractivity contribution >= 4 is 64.1 Å². The van der Waals surface area contributed by atoms with Crippen LogP contribution in [0.3, 0.4) is 0 Å². The molecule has 1 aliphatic heterocycles. The highest BCUT2D eigenvalue weighted by atomic mass is 35.5. The molecule has 186 valence electrons. The number of nitrogens with zero attached hydrogens (tertiary/aromatic N) is 2. The van der Waals surface area contributed by atoms with Crippen LogP contribution in [0.5, 0.6) is 5.75 Å². The van der Waals surface area contributed by atoms with E-state index in [1.54, 1.807) is 42.5 Å². The molecule has 0 bridgehead atoms. The quantitative estimate of drug-likeness (QED) is 0.372. The van der Waals surface area contributed by atoms with Crippen LogP contribution in [0.15, 0.2) is 66.7 Å². The van der Waals surface area contributed by atoms with E-state index in [0.717, 1.165) is 18.8 Å². The van der Waals surface area contributed by atoms with Crippen LogP contribution in [0, 0.1) is 0 Å². The summed E-state index contributed by atoms with van der Waals surface area (Å²) in [7, 11) is 1.51. The molecule has 1 N–H and O–H groups in total. The number of hydrogen-bond acceptors (Lipinski definition) is 4. The number of methoxy groups -OCH3 is 1. The molecular formula is C27H24Cl3N3O3. The van der Waals surface area contributed by atoms with Gasteiger partial charge in [-0.15, -0.1) is 0 Å². The van der Waals surface area contributed by atoms with Gasteiger partial charge in [0.25, 0.3) is 5.91 Å². The van der Waals surface area contributed by atoms with Crippen molar-refractivity contribution in [3.05, 3.63) is 92.9 Å². The summed E-state index contributed by atoms with van der Waals surface area (Å²) in [6, 6.07) is 17.8. The molecule has 4 rings (SSSR count). The Morgan fingerprint density at radius 2 is 1.56 bits per heavy atom. The summed E-state index contributed by atoms with van der Waals surface area (Å²) in [6.07, 6.45) is 3.00. The molecule has 0 spiro atoms. The van der Waals surface area contributed by atoms with Crippen LogP contribution in [0.2, 0.25) is 15.1 Å². The molecule has 1 saturated heterocycles. The summed E-state index contributed by atoms with van der Waals surface area (Å²) in [5.41, 5.74) is 2.94. The summed E-state index contributed by atoms with van der Waals surface area (Å²) in [5.74, 6) is 0.162. The van der Waals surface area contributed by atoms with Gasteiger partial charge >= 0.3 is 0 Å². The van der Waals surface area contributed by atoms with Gasteiger partial charge < -0.3 is 19.9 Å². The van der Waals surface area contributed by atoms with Gasteiger partial charge in [0.15, 0.2) is 0 Å². The normalized spacial score (nSPS) is 13.7. The Hall–Kier alpha value is -3.19. The van der Waals surface area contributed by atoms with E-state index in [0.29, 0.717) is 50.7 Å². The van der Waals surface area contributed by atoms with Crippen LogP contribution in [0.4, 0.5) is 11.4 Å². The first-order valence-corrected chi connectivity index (χ1v) is 12.4. The van der Waals surface area contributed by atoms with Gasteiger partial charge in [-0.2, -0.15) is 0 Å². The summed E-state index contributed by atoms with van der Waals surface area (Å²) < 4.78 is 5.29. The van der Waals surface area contributed by atoms with E-state index in [-0.39, 0.29) is 11.8 Å². The van der Waals surface area contributed by atoms with Crippen LogP contribution < -0.4 is 15.0 Å². The lowest BCUT2D eigenvalue weighted by atomic mass is 10.1. The fourth-order valence-electron chi connectivity index (χ4n) is 3.97. The van der Waals surface area contributed by atoms with Gasteiger partial charge in [0.1, 0.15) is 5.75 Å². The molecule has 1 aliphatic rings. The number of nitrogens with one attached hydrogen (secondary N) is 1. The monoisotopic (exact) mass is 543 g/mol. The number of benzene rings is 3. The minimum absolute atomic E-state index is 0.00935. The zero-order chi connectivity index (χ0) is 25.7. The van der Waals surface area contributed by atoms with E-state index >= 15 is 0 Å². The topological polar surface area (TPSA) is 61.9 Å². The predicted molar refractivity (Wildman–Crippen MR) is 147 cm³/mol. The Labute approximate surface area is 225 Å². The smallest absolute Gasteiger partial charge is 0.253 e. The molecule has 3 aromatic carbocycles. The number of amides is 2. The molecule has 0 aliphatic carbocycles. The Morgan fingerprint density at radius 1 is 0.889 bits per heavy atom. The maximum Gasteiger partial charge on any atom is 0.253 e. The molecule has 0 saturated carbocycles. The van der Waals surface area contributed by atoms with Crippen LogP contribution in [-0.2, 0) is 4.79 Å². The van der Waals surface area contributed by atoms with Crippen LogP contribution >= 0.6 is 34.8 Å². The first-order valence-electron chi connectivity index (χ1n) is 11.3. The minimum atomic E-state index is -0.296. The number of hydrogen-bond donors (Lipinski definition) is 1. The average molecular weight is 545 g/mol. The maximum absolute atomic E-state index is 12.7. The predicted octanol–water partition coefficient (Wildman–Crippen LogP) is 6.27. The molecule has 36 heavy (non-hydrogen) atoms. The molecule has 9 heteroatoms. The van der Waals surface area contributed by atoms with Crippen molar-refractivity contribution in [2.45, 2.75) is 0 Å². The Kier molecular flexibility index (Phi) is 8.41. The lowest BCUT2D eigenvalue weighted by molar-refractivity contribution is -0.111. The first kappa shape index (κ1) is 25.9. The van der Waals surface area contributed by atoms with E-state index in [9.17, 15) is 9.59 Å². The molecule has 6 nitrogen and oxygen atoms in total. The number of rotatable bonds is 6. The van der Waals surface area contributed by atoms with Crippen molar-refractivity contribution in [3.8, 4) is 5.75 Å². The van der Waals surface area contributed by atoms with Gasteiger partial charge in [0, 0.05) is 64.8 Å². The zero-order valence-electron chi connectivity index (χ0n) is 19.5. The maximum atomic E-state index is 12.7. The second-order valence-electron chi connectivity index (χ2n) is 8.17. The lowest BCUT2D eigenvalue weighted by Crippen LogP contribution is -2.48. The van der Waals surface area contributed by atoms with Crippen molar-refractivity contribution in [2.24, 2.45) is 0 Å². The molecule has 3 aromatic rings. The first-order chi connectivity index (χ1) is 17.3. The third-order valence-electron chi connectivity index (χ3n) is 5.81. The Morgan fingerprint density at radius 3 is 2.19 bits per heavy atom. The molecule has 1 heterocycles. The molecule has 0 radical (unpaired) electrons. The summed E-state index contributed by atoms with van der Waals surface area (Å²) >= 11 is 18.1. The molecule has 0 aromatic heterocycles. The number of piperazine rings is 1. The SMILES string of the molecule is COc1c(Cl)cc(Cl)cc1/C=C/C(=O)Nc1ccc(N2CCN(C(=O)c3ccc(Cl)cc3)CC2)cc1. The van der Waals surface area contributed by atoms with E-state index in [4.69, 9.17) is 39.5 Å². The number of ether oxygens (including phenoxy) is 1. The molecular weight excluding hydrogens is 521 g/mol. The van der Waals surface area contributed by atoms with Crippen molar-refractivity contribution in [2.75, 3.05) is 43.5 Å². The van der Waals surface area contributed by atoms with Gasteiger partial charge in [-0.1, -0.05) is 34.8 Å². The standard InChI is InChI=1S/C27H24Cl3N3O3/c1-36-26-19(16-21(29)17-24(26)30)4-11-25(34)31-22-7-9-23(10-8-22)32-12-14-33(15-13-32)27(35)18-2-5-20(28)6-3-18/h2-11,16-17H,12-15H2,1H3,(H,31,34)/b11-4+. The fourth-order valence-corrected chi connectivity index (χ4v) is 4.68. The number of carbonyl (C=O) groups is 2. The largest absolute Gasteiger partial charge is 0.495 e. The Bertz CT molecular complexity index is 1270. The van der Waals surface area contributed by atoms with Crippen LogP contribution in [0.25, 0.3) is 6.08 Å². The third kappa shape index (κ3) is 6.32. The van der Waals surface area contributed by atoms with Crippen LogP contribution in [0.1, 0.15) is 15.9 Å². The second kappa shape index (κ2) is 11.7. The van der Waals surface area contributed by atoms with Gasteiger partial charge in [-0.3, -0.25) is 9.59 Å². The fraction of sp³-hybridized carbons (Fsp3) is 0.185. The molecule has 0 unspecified atom stereocenters. The number of halogens is 3. The van der Waals surface area contributed by atoms with Crippen molar-refractivity contribution in [1.29, 1.82) is 0 Å². The number of anilines is 2.